The number of aliphatic hydroxyl groups is 1. The number of hydrogen-bond acceptors (Lipinski definition) is 5. The zero-order valence-corrected chi connectivity index (χ0v) is 10.5. The molecule has 6 nitrogen and oxygen atoms in total. The van der Waals surface area contributed by atoms with Crippen LogP contribution in [-0.4, -0.2) is 48.3 Å². The van der Waals surface area contributed by atoms with Crippen molar-refractivity contribution in [1.82, 2.24) is 9.78 Å². The van der Waals surface area contributed by atoms with E-state index in [4.69, 9.17) is 4.74 Å². The highest BCUT2D eigenvalue weighted by Crippen LogP contribution is 2.06. The van der Waals surface area contributed by atoms with Crippen molar-refractivity contribution in [3.63, 3.8) is 0 Å². The second-order valence-electron chi connectivity index (χ2n) is 4.00. The van der Waals surface area contributed by atoms with E-state index in [1.807, 2.05) is 11.9 Å². The summed E-state index contributed by atoms with van der Waals surface area (Å²) >= 11 is 0. The predicted octanol–water partition coefficient (Wildman–Crippen LogP) is -0.293. The number of aromatic nitrogens is 2. The molecule has 1 rings (SSSR count). The average Bonchev–Trinajstić information content (AvgIpc) is 2.28. The van der Waals surface area contributed by atoms with Gasteiger partial charge < -0.3 is 14.7 Å². The van der Waals surface area contributed by atoms with Crippen LogP contribution in [0.5, 0.6) is 0 Å². The fourth-order valence-electron chi connectivity index (χ4n) is 1.38. The van der Waals surface area contributed by atoms with Gasteiger partial charge in [-0.3, -0.25) is 4.79 Å². The fraction of sp³-hybridized carbons (Fsp3) is 0.636. The maximum atomic E-state index is 11.7. The number of hydrogen-bond donors (Lipinski definition) is 1. The number of nitrogens with zero attached hydrogens (tertiary/aromatic N) is 3. The first kappa shape index (κ1) is 13.7. The molecule has 1 heterocycles. The first-order valence-electron chi connectivity index (χ1n) is 5.50. The Bertz CT molecular complexity index is 403. The molecule has 1 aromatic heterocycles. The van der Waals surface area contributed by atoms with E-state index in [1.165, 1.54) is 10.7 Å². The topological polar surface area (TPSA) is 67.6 Å². The SMILES string of the molecule is COCCN(C)c1cnn(C[C@H](C)O)c(=O)c1. The zero-order chi connectivity index (χ0) is 12.8. The molecule has 0 fully saturated rings. The number of ether oxygens (including phenoxy) is 1. The van der Waals surface area contributed by atoms with Gasteiger partial charge in [-0.05, 0) is 6.92 Å². The Balaban J connectivity index is 2.77. The highest BCUT2D eigenvalue weighted by Gasteiger charge is 2.06. The monoisotopic (exact) mass is 241 g/mol. The molecule has 1 N–H and O–H groups in total. The van der Waals surface area contributed by atoms with E-state index >= 15 is 0 Å². The Hall–Kier alpha value is -1.40. The van der Waals surface area contributed by atoms with Gasteiger partial charge in [0.25, 0.3) is 5.56 Å². The van der Waals surface area contributed by atoms with Crippen LogP contribution < -0.4 is 10.5 Å². The Kier molecular flexibility index (Phi) is 5.11. The third-order valence-corrected chi connectivity index (χ3v) is 2.36. The molecule has 0 aliphatic carbocycles. The molecule has 0 bridgehead atoms. The molecule has 0 spiro atoms. The molecule has 0 saturated heterocycles. The largest absolute Gasteiger partial charge is 0.391 e. The van der Waals surface area contributed by atoms with Crippen LogP contribution in [0.15, 0.2) is 17.1 Å². The molecule has 1 atom stereocenters. The highest BCUT2D eigenvalue weighted by molar-refractivity contribution is 5.41. The molecule has 0 saturated carbocycles. The van der Waals surface area contributed by atoms with Crippen molar-refractivity contribution in [1.29, 1.82) is 0 Å². The van der Waals surface area contributed by atoms with Crippen molar-refractivity contribution < 1.29 is 9.84 Å². The molecule has 0 unspecified atom stereocenters. The quantitative estimate of drug-likeness (QED) is 0.741. The molecule has 96 valence electrons. The van der Waals surface area contributed by atoms with Gasteiger partial charge in [0, 0.05) is 26.8 Å². The van der Waals surface area contributed by atoms with Gasteiger partial charge in [-0.15, -0.1) is 0 Å². The summed E-state index contributed by atoms with van der Waals surface area (Å²) in [4.78, 5) is 13.6. The maximum absolute atomic E-state index is 11.7. The van der Waals surface area contributed by atoms with Crippen LogP contribution in [0.2, 0.25) is 0 Å². The van der Waals surface area contributed by atoms with Gasteiger partial charge in [0.05, 0.1) is 31.1 Å². The summed E-state index contributed by atoms with van der Waals surface area (Å²) in [5, 5.41) is 13.2. The van der Waals surface area contributed by atoms with Crippen molar-refractivity contribution in [2.24, 2.45) is 0 Å². The van der Waals surface area contributed by atoms with Crippen LogP contribution in [0.4, 0.5) is 5.69 Å². The van der Waals surface area contributed by atoms with Gasteiger partial charge in [-0.1, -0.05) is 0 Å². The van der Waals surface area contributed by atoms with E-state index in [1.54, 1.807) is 20.2 Å². The number of likely N-dealkylation sites (N-methyl/N-ethyl adjacent to an activating group) is 1. The van der Waals surface area contributed by atoms with Gasteiger partial charge in [-0.25, -0.2) is 4.68 Å². The molecule has 0 aromatic carbocycles. The van der Waals surface area contributed by atoms with Crippen LogP contribution in [0, 0.1) is 0 Å². The summed E-state index contributed by atoms with van der Waals surface area (Å²) in [5.74, 6) is 0. The lowest BCUT2D eigenvalue weighted by Gasteiger charge is -2.18. The van der Waals surface area contributed by atoms with Gasteiger partial charge in [0.2, 0.25) is 0 Å². The molecule has 0 aliphatic heterocycles. The van der Waals surface area contributed by atoms with E-state index < -0.39 is 6.10 Å². The molecule has 1 aromatic rings. The number of aliphatic hydroxyl groups excluding tert-OH is 1. The molecule has 0 radical (unpaired) electrons. The Labute approximate surface area is 100 Å². The van der Waals surface area contributed by atoms with E-state index in [0.717, 1.165) is 5.69 Å². The second-order valence-corrected chi connectivity index (χ2v) is 4.00. The van der Waals surface area contributed by atoms with Gasteiger partial charge in [-0.2, -0.15) is 5.10 Å². The third-order valence-electron chi connectivity index (χ3n) is 2.36. The minimum Gasteiger partial charge on any atom is -0.391 e. The van der Waals surface area contributed by atoms with Crippen LogP contribution >= 0.6 is 0 Å². The summed E-state index contributed by atoms with van der Waals surface area (Å²) in [7, 11) is 3.50. The summed E-state index contributed by atoms with van der Waals surface area (Å²) in [6.45, 7) is 3.11. The van der Waals surface area contributed by atoms with Gasteiger partial charge in [0.1, 0.15) is 0 Å². The Morgan fingerprint density at radius 2 is 2.35 bits per heavy atom. The van der Waals surface area contributed by atoms with Crippen molar-refractivity contribution >= 4 is 5.69 Å². The Morgan fingerprint density at radius 3 is 2.88 bits per heavy atom. The van der Waals surface area contributed by atoms with Crippen molar-refractivity contribution in [3.8, 4) is 0 Å². The molecule has 0 amide bonds. The van der Waals surface area contributed by atoms with Crippen LogP contribution in [0.1, 0.15) is 6.92 Å². The molecule has 0 aliphatic rings. The zero-order valence-electron chi connectivity index (χ0n) is 10.5. The number of rotatable bonds is 6. The van der Waals surface area contributed by atoms with Gasteiger partial charge >= 0.3 is 0 Å². The van der Waals surface area contributed by atoms with E-state index in [9.17, 15) is 9.90 Å². The van der Waals surface area contributed by atoms with Crippen molar-refractivity contribution in [2.45, 2.75) is 19.6 Å². The Morgan fingerprint density at radius 1 is 1.65 bits per heavy atom. The van der Waals surface area contributed by atoms with Crippen molar-refractivity contribution in [3.05, 3.63) is 22.6 Å². The van der Waals surface area contributed by atoms with Crippen molar-refractivity contribution in [2.75, 3.05) is 32.2 Å². The lowest BCUT2D eigenvalue weighted by Crippen LogP contribution is -2.29. The normalized spacial score (nSPS) is 12.5. The average molecular weight is 241 g/mol. The highest BCUT2D eigenvalue weighted by atomic mass is 16.5. The summed E-state index contributed by atoms with van der Waals surface area (Å²) in [5.41, 5.74) is 0.529. The molecule has 17 heavy (non-hydrogen) atoms. The van der Waals surface area contributed by atoms with E-state index in [0.29, 0.717) is 13.2 Å². The smallest absolute Gasteiger partial charge is 0.268 e. The van der Waals surface area contributed by atoms with Crippen LogP contribution in [0.25, 0.3) is 0 Å². The van der Waals surface area contributed by atoms with E-state index in [2.05, 4.69) is 5.10 Å². The summed E-state index contributed by atoms with van der Waals surface area (Å²) in [6.07, 6.45) is 1.02. The standard InChI is InChI=1S/C11H19N3O3/c1-9(15)8-14-11(16)6-10(7-12-14)13(2)4-5-17-3/h6-7,9,15H,4-5,8H2,1-3H3/t9-/m0/s1. The number of methoxy groups -OCH3 is 1. The lowest BCUT2D eigenvalue weighted by atomic mass is 10.4. The molecular weight excluding hydrogens is 222 g/mol. The minimum absolute atomic E-state index is 0.209. The first-order valence-corrected chi connectivity index (χ1v) is 5.50. The predicted molar refractivity (Wildman–Crippen MR) is 65.3 cm³/mol. The minimum atomic E-state index is -0.586. The van der Waals surface area contributed by atoms with Crippen LogP contribution in [-0.2, 0) is 11.3 Å². The maximum Gasteiger partial charge on any atom is 0.268 e. The first-order chi connectivity index (χ1) is 8.04. The summed E-state index contributed by atoms with van der Waals surface area (Å²) < 4.78 is 6.21. The molecular formula is C11H19N3O3. The van der Waals surface area contributed by atoms with E-state index in [-0.39, 0.29) is 12.1 Å². The number of anilines is 1. The second kappa shape index (κ2) is 6.36. The third kappa shape index (κ3) is 4.16. The fourth-order valence-corrected chi connectivity index (χ4v) is 1.38. The van der Waals surface area contributed by atoms with Gasteiger partial charge in [0.15, 0.2) is 0 Å². The molecule has 6 heteroatoms. The lowest BCUT2D eigenvalue weighted by molar-refractivity contribution is 0.166. The van der Waals surface area contributed by atoms with Crippen LogP contribution in [0.3, 0.4) is 0 Å². The summed E-state index contributed by atoms with van der Waals surface area (Å²) in [6, 6.07) is 1.50.